The zero-order valence-corrected chi connectivity index (χ0v) is 46.2. The Morgan fingerprint density at radius 2 is 1.07 bits per heavy atom. The normalized spacial score (nSPS) is 14.1. The van der Waals surface area contributed by atoms with E-state index in [0.717, 1.165) is 71.0 Å². The van der Waals surface area contributed by atoms with Crippen LogP contribution in [0, 0.1) is 23.4 Å². The minimum absolute atomic E-state index is 0.0719. The molecule has 0 spiro atoms. The van der Waals surface area contributed by atoms with Crippen molar-refractivity contribution in [2.24, 2.45) is 5.92 Å². The summed E-state index contributed by atoms with van der Waals surface area (Å²) >= 11 is 2.35. The number of pyridine rings is 1. The summed E-state index contributed by atoms with van der Waals surface area (Å²) in [5, 5.41) is 0. The van der Waals surface area contributed by atoms with Gasteiger partial charge in [0.25, 0.3) is 0 Å². The Kier molecular flexibility index (Phi) is 11.4. The summed E-state index contributed by atoms with van der Waals surface area (Å²) in [6.45, 7) is -1.78. The van der Waals surface area contributed by atoms with Gasteiger partial charge in [0.15, 0.2) is 0 Å². The number of hydrogen-bond acceptors (Lipinski definition) is 4. The second-order valence-electron chi connectivity index (χ2n) is 20.2. The molecule has 6 nitrogen and oxygen atoms in total. The molecule has 0 aliphatic carbocycles. The fourth-order valence-corrected chi connectivity index (χ4v) is 12.2. The first-order valence-electron chi connectivity index (χ1n) is 30.7. The Morgan fingerprint density at radius 1 is 0.512 bits per heavy atom. The number of anilines is 4. The maximum absolute atomic E-state index is 9.58. The molecule has 0 saturated heterocycles. The Balaban J connectivity index is 1.02. The number of nitrogens with zero attached hydrogens (tertiary/aromatic N) is 5. The Morgan fingerprint density at radius 3 is 1.76 bits per heavy atom. The van der Waals surface area contributed by atoms with Crippen LogP contribution in [0.5, 0.6) is 11.6 Å². The second-order valence-corrected chi connectivity index (χ2v) is 21.2. The summed E-state index contributed by atoms with van der Waals surface area (Å²) in [6, 6.07) is 84.5. The molecule has 0 atom stereocenters. The van der Waals surface area contributed by atoms with Crippen LogP contribution in [0.4, 0.5) is 22.9 Å². The van der Waals surface area contributed by atoms with E-state index in [9.17, 15) is 6.85 Å². The zero-order valence-electron chi connectivity index (χ0n) is 51.9. The van der Waals surface area contributed by atoms with E-state index < -0.39 is 33.0 Å². The standard InChI is InChI=1S/C72H58BN5O.Pt/c1-50(2)43-53-46-63(56-41-39-55(40-42-56)54-24-9-5-10-25-54)71(64(47-53)58-28-21-23-51(3)44-58)76-49-75(65-35-17-18-36-66(65)76)61-33-22-34-62(48-61)79-72-70(57-26-11-6-12-27-57)52(4)45-69(74-72)78-68-38-20-19-37-67(68)77(60-31-15-8-16-32-60)73(78)59-29-13-7-14-30-59;/h5-42,44-48,50H,43H2,1-4H3;/i3D3,4D3,43D2;. The Bertz CT molecular complexity index is 4620. The van der Waals surface area contributed by atoms with Crippen molar-refractivity contribution >= 4 is 46.4 Å². The number of hydrogen-bond donors (Lipinski definition) is 0. The molecule has 0 unspecified atom stereocenters. The first-order chi connectivity index (χ1) is 42.4. The van der Waals surface area contributed by atoms with Crippen LogP contribution in [-0.2, 0) is 25.7 Å². The summed E-state index contributed by atoms with van der Waals surface area (Å²) in [5.74, 6) is 0.462. The molecule has 1 aliphatic rings. The SMILES string of the molecule is [2H]C([2H])([2H])c1cccc(-c2cc(C([2H])([2H])C(C)C)cc(-c3ccc(-c4ccccc4)cc3)c2-n2[c](=[Pt])n(-c3cccc(Oc4nc(N5B(c6ccccc6)N(c6ccccc6)c6ccccc65)cc(C([2H])([2H])[2H])c4-c4ccccc4)c3)c3ccccc32)c1. The average Bonchev–Trinajstić information content (AvgIpc) is 1.92. The number of benzene rings is 10. The molecule has 390 valence electrons. The number of aryl methyl sites for hydroxylation is 2. The van der Waals surface area contributed by atoms with Gasteiger partial charge < -0.3 is 0 Å². The van der Waals surface area contributed by atoms with Gasteiger partial charge in [0.1, 0.15) is 0 Å². The van der Waals surface area contributed by atoms with Gasteiger partial charge in [0, 0.05) is 5.69 Å². The predicted octanol–water partition coefficient (Wildman–Crippen LogP) is 17.9. The number of imidazole rings is 1. The molecular weight excluding hydrogens is 1160 g/mol. The molecule has 8 heteroatoms. The van der Waals surface area contributed by atoms with Gasteiger partial charge in [-0.3, -0.25) is 0 Å². The van der Waals surface area contributed by atoms with Crippen molar-refractivity contribution in [3.63, 3.8) is 0 Å². The molecule has 2 aromatic heterocycles. The van der Waals surface area contributed by atoms with Gasteiger partial charge in [0.2, 0.25) is 0 Å². The van der Waals surface area contributed by atoms with Crippen LogP contribution in [0.2, 0.25) is 0 Å². The van der Waals surface area contributed by atoms with Crippen LogP contribution in [0.25, 0.3) is 66.9 Å². The maximum atomic E-state index is 9.58. The average molecular weight is 1220 g/mol. The van der Waals surface area contributed by atoms with Crippen molar-refractivity contribution < 1.29 is 35.1 Å². The van der Waals surface area contributed by atoms with E-state index in [0.29, 0.717) is 39.4 Å². The van der Waals surface area contributed by atoms with Crippen LogP contribution in [0.15, 0.2) is 261 Å². The summed E-state index contributed by atoms with van der Waals surface area (Å²) in [4.78, 5) is 9.78. The zero-order chi connectivity index (χ0) is 61.1. The molecular formula is C72H58BN5OPt. The molecule has 0 fully saturated rings. The van der Waals surface area contributed by atoms with E-state index in [-0.39, 0.29) is 17.0 Å². The van der Waals surface area contributed by atoms with Gasteiger partial charge in [-0.1, -0.05) is 60.7 Å². The number of rotatable bonds is 13. The van der Waals surface area contributed by atoms with E-state index in [1.807, 2.05) is 178 Å². The molecule has 3 heterocycles. The summed E-state index contributed by atoms with van der Waals surface area (Å²) in [7, 11) is 0. The third kappa shape index (κ3) is 9.52. The van der Waals surface area contributed by atoms with Crippen molar-refractivity contribution in [1.82, 2.24) is 14.1 Å². The van der Waals surface area contributed by atoms with E-state index in [1.54, 1.807) is 24.3 Å². The first-order valence-corrected chi connectivity index (χ1v) is 27.9. The van der Waals surface area contributed by atoms with E-state index >= 15 is 0 Å². The van der Waals surface area contributed by atoms with Crippen LogP contribution < -0.4 is 19.8 Å². The summed E-state index contributed by atoms with van der Waals surface area (Å²) < 4.78 is 84.5. The Labute approximate surface area is 491 Å². The number of aromatic nitrogens is 3. The molecule has 0 radical (unpaired) electrons. The van der Waals surface area contributed by atoms with Crippen LogP contribution in [0.1, 0.15) is 41.5 Å². The predicted molar refractivity (Wildman–Crippen MR) is 329 cm³/mol. The van der Waals surface area contributed by atoms with Crippen molar-refractivity contribution in [2.75, 3.05) is 9.62 Å². The topological polar surface area (TPSA) is 38.5 Å². The molecule has 13 rings (SSSR count). The van der Waals surface area contributed by atoms with Crippen molar-refractivity contribution in [2.45, 2.75) is 33.9 Å². The molecule has 0 N–H and O–H groups in total. The van der Waals surface area contributed by atoms with E-state index in [2.05, 4.69) is 111 Å². The quantitative estimate of drug-likeness (QED) is 0.108. The van der Waals surface area contributed by atoms with E-state index in [1.165, 1.54) is 0 Å². The molecule has 12 aromatic rings. The van der Waals surface area contributed by atoms with Gasteiger partial charge in [-0.25, -0.2) is 0 Å². The van der Waals surface area contributed by atoms with Crippen molar-refractivity contribution in [1.29, 1.82) is 0 Å². The molecule has 0 amide bonds. The molecule has 0 bridgehead atoms. The van der Waals surface area contributed by atoms with Crippen LogP contribution >= 0.6 is 0 Å². The summed E-state index contributed by atoms with van der Waals surface area (Å²) in [6.07, 6.45) is -1.79. The number of ether oxygens (including phenoxy) is 1. The molecule has 80 heavy (non-hydrogen) atoms. The van der Waals surface area contributed by atoms with Crippen molar-refractivity contribution in [3.8, 4) is 67.5 Å². The molecule has 1 aliphatic heterocycles. The second kappa shape index (κ2) is 21.7. The van der Waals surface area contributed by atoms with Gasteiger partial charge in [-0.2, -0.15) is 0 Å². The monoisotopic (exact) mass is 1220 g/mol. The van der Waals surface area contributed by atoms with Gasteiger partial charge >= 0.3 is 409 Å². The fraction of sp³-hybridized carbons (Fsp3) is 0.0833. The fourth-order valence-electron chi connectivity index (χ4n) is 11.1. The van der Waals surface area contributed by atoms with E-state index in [4.69, 9.17) is 13.8 Å². The molecule has 0 saturated carbocycles. The van der Waals surface area contributed by atoms with Gasteiger partial charge in [-0.05, 0) is 18.2 Å². The Hall–Kier alpha value is -9.03. The third-order valence-corrected chi connectivity index (χ3v) is 15.6. The van der Waals surface area contributed by atoms with Gasteiger partial charge in [-0.15, -0.1) is 0 Å². The minimum atomic E-state index is -2.62. The van der Waals surface area contributed by atoms with Gasteiger partial charge in [0.05, 0.1) is 0 Å². The number of para-hydroxylation sites is 5. The number of fused-ring (bicyclic) bond motifs is 2. The van der Waals surface area contributed by atoms with Crippen LogP contribution in [-0.4, -0.2) is 21.1 Å². The first kappa shape index (κ1) is 42.0. The summed E-state index contributed by atoms with van der Waals surface area (Å²) in [5.41, 5.74) is 13.3. The van der Waals surface area contributed by atoms with Crippen LogP contribution in [0.3, 0.4) is 0 Å². The molecule has 10 aromatic carbocycles. The third-order valence-electron chi connectivity index (χ3n) is 14.6. The van der Waals surface area contributed by atoms with Crippen molar-refractivity contribution in [3.05, 3.63) is 281 Å².